The fourth-order valence-electron chi connectivity index (χ4n) is 4.03. The number of carbonyl (C=O) groups excluding carboxylic acids is 2. The summed E-state index contributed by atoms with van der Waals surface area (Å²) in [6.07, 6.45) is -3.96. The summed E-state index contributed by atoms with van der Waals surface area (Å²) in [5.74, 6) is -0.0210. The van der Waals surface area contributed by atoms with E-state index < -0.39 is 42.7 Å². The quantitative estimate of drug-likeness (QED) is 0.469. The summed E-state index contributed by atoms with van der Waals surface area (Å²) in [5.41, 5.74) is 0.275. The molecule has 0 radical (unpaired) electrons. The maximum absolute atomic E-state index is 12.1. The Morgan fingerprint density at radius 3 is 2.56 bits per heavy atom. The molecule has 1 heterocycles. The van der Waals surface area contributed by atoms with Gasteiger partial charge in [0.05, 0.1) is 13.2 Å². The van der Waals surface area contributed by atoms with Crippen LogP contribution in [0.15, 0.2) is 11.6 Å². The minimum absolute atomic E-state index is 0.0357. The summed E-state index contributed by atoms with van der Waals surface area (Å²) in [6.45, 7) is 4.78. The van der Waals surface area contributed by atoms with Crippen molar-refractivity contribution in [1.29, 1.82) is 0 Å². The summed E-state index contributed by atoms with van der Waals surface area (Å²) in [7, 11) is 0. The monoisotopic (exact) mass is 386 g/mol. The van der Waals surface area contributed by atoms with Gasteiger partial charge in [-0.2, -0.15) is 0 Å². The lowest BCUT2D eigenvalue weighted by atomic mass is 9.65. The van der Waals surface area contributed by atoms with Crippen molar-refractivity contribution in [3.8, 4) is 0 Å². The lowest BCUT2D eigenvalue weighted by Gasteiger charge is -2.44. The molecular weight excluding hydrogens is 356 g/mol. The molecule has 0 spiro atoms. The summed E-state index contributed by atoms with van der Waals surface area (Å²) in [5, 5.41) is 39.1. The van der Waals surface area contributed by atoms with Crippen LogP contribution in [0, 0.1) is 11.3 Å². The smallest absolute Gasteiger partial charge is 0.186 e. The van der Waals surface area contributed by atoms with Gasteiger partial charge in [-0.15, -0.1) is 0 Å². The molecule has 154 valence electrons. The predicted octanol–water partition coefficient (Wildman–Crippen LogP) is -0.286. The zero-order chi connectivity index (χ0) is 20.4. The van der Waals surface area contributed by atoms with Crippen molar-refractivity contribution in [3.63, 3.8) is 0 Å². The number of ketones is 2. The standard InChI is InChI=1S/C19H30O8/c1-10-6-12(22)7-19(3,13(10)5-4-11(2)21)9-26-18-17(25)16(24)15(23)14(8-20)27-18/h6,13-18,20,23-25H,4-5,7-9H2,1-3H3. The van der Waals surface area contributed by atoms with Gasteiger partial charge in [0.25, 0.3) is 0 Å². The molecule has 0 aromatic carbocycles. The van der Waals surface area contributed by atoms with Gasteiger partial charge in [0.2, 0.25) is 0 Å². The summed E-state index contributed by atoms with van der Waals surface area (Å²) < 4.78 is 11.1. The lowest BCUT2D eigenvalue weighted by Crippen LogP contribution is -2.59. The van der Waals surface area contributed by atoms with Gasteiger partial charge in [0.15, 0.2) is 12.1 Å². The number of aliphatic hydroxyl groups is 4. The van der Waals surface area contributed by atoms with E-state index >= 15 is 0 Å². The average Bonchev–Trinajstić information content (AvgIpc) is 2.58. The molecule has 2 aliphatic rings. The normalized spacial score (nSPS) is 40.0. The van der Waals surface area contributed by atoms with E-state index in [9.17, 15) is 30.0 Å². The van der Waals surface area contributed by atoms with E-state index in [1.165, 1.54) is 6.92 Å². The number of hydrogen-bond donors (Lipinski definition) is 4. The molecule has 1 aliphatic carbocycles. The van der Waals surface area contributed by atoms with Crippen molar-refractivity contribution in [1.82, 2.24) is 0 Å². The molecule has 7 unspecified atom stereocenters. The van der Waals surface area contributed by atoms with Crippen LogP contribution in [-0.4, -0.2) is 75.9 Å². The minimum Gasteiger partial charge on any atom is -0.394 e. The number of allylic oxidation sites excluding steroid dienone is 2. The van der Waals surface area contributed by atoms with Crippen LogP contribution >= 0.6 is 0 Å². The predicted molar refractivity (Wildman–Crippen MR) is 94.6 cm³/mol. The first-order chi connectivity index (χ1) is 12.6. The maximum Gasteiger partial charge on any atom is 0.186 e. The third-order valence-electron chi connectivity index (χ3n) is 5.57. The topological polar surface area (TPSA) is 134 Å². The van der Waals surface area contributed by atoms with E-state index in [2.05, 4.69) is 0 Å². The molecule has 1 saturated heterocycles. The van der Waals surface area contributed by atoms with Crippen LogP contribution in [0.4, 0.5) is 0 Å². The molecule has 0 amide bonds. The molecule has 0 bridgehead atoms. The zero-order valence-electron chi connectivity index (χ0n) is 16.0. The molecular formula is C19H30O8. The largest absolute Gasteiger partial charge is 0.394 e. The van der Waals surface area contributed by atoms with Gasteiger partial charge < -0.3 is 34.7 Å². The second-order valence-electron chi connectivity index (χ2n) is 7.99. The maximum atomic E-state index is 12.1. The Bertz CT molecular complexity index is 586. The van der Waals surface area contributed by atoms with E-state index in [1.807, 2.05) is 13.8 Å². The van der Waals surface area contributed by atoms with Gasteiger partial charge in [-0.05, 0) is 32.3 Å². The molecule has 8 heteroatoms. The Hall–Kier alpha value is -1.16. The van der Waals surface area contributed by atoms with E-state index in [4.69, 9.17) is 9.47 Å². The second kappa shape index (κ2) is 8.89. The van der Waals surface area contributed by atoms with Crippen LogP contribution in [0.3, 0.4) is 0 Å². The van der Waals surface area contributed by atoms with Crippen LogP contribution in [0.2, 0.25) is 0 Å². The van der Waals surface area contributed by atoms with Crippen LogP contribution in [-0.2, 0) is 19.1 Å². The number of hydrogen-bond acceptors (Lipinski definition) is 8. The minimum atomic E-state index is -1.52. The first kappa shape index (κ1) is 22.1. The Morgan fingerprint density at radius 1 is 1.30 bits per heavy atom. The molecule has 2 rings (SSSR count). The van der Waals surface area contributed by atoms with Gasteiger partial charge in [-0.3, -0.25) is 4.79 Å². The van der Waals surface area contributed by atoms with Gasteiger partial charge in [0, 0.05) is 18.3 Å². The molecule has 0 aromatic heterocycles. The number of carbonyl (C=O) groups is 2. The van der Waals surface area contributed by atoms with E-state index in [0.717, 1.165) is 5.57 Å². The summed E-state index contributed by atoms with van der Waals surface area (Å²) in [4.78, 5) is 23.5. The molecule has 1 aliphatic heterocycles. The van der Waals surface area contributed by atoms with Crippen molar-refractivity contribution in [2.45, 2.75) is 70.7 Å². The Balaban J connectivity index is 2.11. The highest BCUT2D eigenvalue weighted by Gasteiger charge is 2.46. The third kappa shape index (κ3) is 5.01. The van der Waals surface area contributed by atoms with Crippen molar-refractivity contribution >= 4 is 11.6 Å². The highest BCUT2D eigenvalue weighted by molar-refractivity contribution is 5.92. The molecule has 8 nitrogen and oxygen atoms in total. The fraction of sp³-hybridized carbons (Fsp3) is 0.789. The fourth-order valence-corrected chi connectivity index (χ4v) is 4.03. The van der Waals surface area contributed by atoms with Crippen molar-refractivity contribution in [2.75, 3.05) is 13.2 Å². The van der Waals surface area contributed by atoms with E-state index in [-0.39, 0.29) is 30.5 Å². The first-order valence-electron chi connectivity index (χ1n) is 9.21. The van der Waals surface area contributed by atoms with Crippen molar-refractivity contribution in [2.24, 2.45) is 11.3 Å². The lowest BCUT2D eigenvalue weighted by molar-refractivity contribution is -0.306. The van der Waals surface area contributed by atoms with Gasteiger partial charge in [0.1, 0.15) is 30.2 Å². The van der Waals surface area contributed by atoms with Gasteiger partial charge in [-0.1, -0.05) is 12.5 Å². The number of aliphatic hydroxyl groups excluding tert-OH is 4. The molecule has 0 saturated carbocycles. The SMILES string of the molecule is CC(=O)CCC1C(C)=CC(=O)CC1(C)COC1OC(CO)C(O)C(O)C1O. The first-order valence-corrected chi connectivity index (χ1v) is 9.21. The summed E-state index contributed by atoms with van der Waals surface area (Å²) >= 11 is 0. The van der Waals surface area contributed by atoms with Gasteiger partial charge in [-0.25, -0.2) is 0 Å². The number of Topliss-reactive ketones (excluding diaryl/α,β-unsaturated/α-hetero) is 1. The van der Waals surface area contributed by atoms with Crippen LogP contribution < -0.4 is 0 Å². The molecule has 0 aromatic rings. The summed E-state index contributed by atoms with van der Waals surface area (Å²) in [6, 6.07) is 0. The van der Waals surface area contributed by atoms with Crippen LogP contribution in [0.5, 0.6) is 0 Å². The van der Waals surface area contributed by atoms with Crippen molar-refractivity contribution < 1.29 is 39.5 Å². The number of ether oxygens (including phenoxy) is 2. The highest BCUT2D eigenvalue weighted by Crippen LogP contribution is 2.43. The van der Waals surface area contributed by atoms with Gasteiger partial charge >= 0.3 is 0 Å². The van der Waals surface area contributed by atoms with E-state index in [1.54, 1.807) is 6.08 Å². The average molecular weight is 386 g/mol. The molecule has 4 N–H and O–H groups in total. The zero-order valence-corrected chi connectivity index (χ0v) is 16.0. The Kier molecular flexibility index (Phi) is 7.29. The molecule has 27 heavy (non-hydrogen) atoms. The Morgan fingerprint density at radius 2 is 1.96 bits per heavy atom. The third-order valence-corrected chi connectivity index (χ3v) is 5.57. The van der Waals surface area contributed by atoms with E-state index in [0.29, 0.717) is 12.8 Å². The van der Waals surface area contributed by atoms with Crippen molar-refractivity contribution in [3.05, 3.63) is 11.6 Å². The number of rotatable bonds is 7. The van der Waals surface area contributed by atoms with Crippen LogP contribution in [0.25, 0.3) is 0 Å². The van der Waals surface area contributed by atoms with Crippen LogP contribution in [0.1, 0.15) is 40.0 Å². The highest BCUT2D eigenvalue weighted by atomic mass is 16.7. The second-order valence-corrected chi connectivity index (χ2v) is 7.99. The molecule has 1 fully saturated rings. The Labute approximate surface area is 158 Å². The molecule has 7 atom stereocenters.